The Morgan fingerprint density at radius 2 is 1.76 bits per heavy atom. The first-order valence-corrected chi connectivity index (χ1v) is 12.7. The summed E-state index contributed by atoms with van der Waals surface area (Å²) >= 11 is 0. The zero-order valence-corrected chi connectivity index (χ0v) is 22.5. The highest BCUT2D eigenvalue weighted by Gasteiger charge is 2.38. The van der Waals surface area contributed by atoms with Gasteiger partial charge in [0, 0.05) is 60.8 Å². The number of H-pyrrole nitrogens is 1. The van der Waals surface area contributed by atoms with Crippen molar-refractivity contribution in [1.29, 1.82) is 0 Å². The van der Waals surface area contributed by atoms with Gasteiger partial charge >= 0.3 is 12.1 Å². The number of hydrogen-bond donors (Lipinski definition) is 3. The number of carbonyl (C=O) groups excluding carboxylic acids is 1. The fraction of sp³-hybridized carbons (Fsp3) is 0.241. The van der Waals surface area contributed by atoms with Gasteiger partial charge in [-0.15, -0.1) is 0 Å². The van der Waals surface area contributed by atoms with Gasteiger partial charge in [0.1, 0.15) is 11.5 Å². The molecule has 4 heterocycles. The number of fused-ring (bicyclic) bond motifs is 1. The molecule has 0 radical (unpaired) electrons. The summed E-state index contributed by atoms with van der Waals surface area (Å²) in [7, 11) is 2.15. The first kappa shape index (κ1) is 29.3. The minimum absolute atomic E-state index is 0.232. The van der Waals surface area contributed by atoms with Crippen molar-refractivity contribution in [2.45, 2.75) is 13.1 Å². The van der Waals surface area contributed by atoms with Crippen LogP contribution in [0.3, 0.4) is 0 Å². The second-order valence-electron chi connectivity index (χ2n) is 9.50. The normalized spacial score (nSPS) is 13.8. The van der Waals surface area contributed by atoms with Crippen LogP contribution in [-0.2, 0) is 9.59 Å². The highest BCUT2D eigenvalue weighted by Crippen LogP contribution is 2.39. The van der Waals surface area contributed by atoms with Crippen LogP contribution in [0.4, 0.5) is 24.7 Å². The number of hydrogen-bond acceptors (Lipinski definition) is 6. The topological polar surface area (TPSA) is 114 Å². The van der Waals surface area contributed by atoms with Crippen LogP contribution in [0.2, 0.25) is 0 Å². The molecule has 3 N–H and O–H groups in total. The van der Waals surface area contributed by atoms with Crippen molar-refractivity contribution < 1.29 is 27.9 Å². The average molecular weight is 567 g/mol. The molecule has 1 fully saturated rings. The van der Waals surface area contributed by atoms with Gasteiger partial charge < -0.3 is 25.2 Å². The van der Waals surface area contributed by atoms with E-state index in [2.05, 4.69) is 63.0 Å². The summed E-state index contributed by atoms with van der Waals surface area (Å²) in [6, 6.07) is 14.3. The Morgan fingerprint density at radius 1 is 1.07 bits per heavy atom. The number of carboxylic acid groups (broad SMARTS) is 1. The van der Waals surface area contributed by atoms with Crippen LogP contribution in [0.15, 0.2) is 67.5 Å². The van der Waals surface area contributed by atoms with Gasteiger partial charge in [0.05, 0.1) is 5.69 Å². The molecule has 0 spiro atoms. The smallest absolute Gasteiger partial charge is 0.475 e. The number of pyridine rings is 2. The SMILES string of the molecule is C=CC(=O)Nc1cc(-c2c(-c3ccc(N4CCN(C)CC4)nc3)[nH]c3ncccc23)ccc1C.O=C(O)C(F)(F)F. The van der Waals surface area contributed by atoms with Gasteiger partial charge in [0.25, 0.3) is 0 Å². The molecule has 1 aliphatic rings. The van der Waals surface area contributed by atoms with E-state index in [1.807, 2.05) is 31.3 Å². The number of amides is 1. The lowest BCUT2D eigenvalue weighted by Gasteiger charge is -2.33. The Hall–Kier alpha value is -4.71. The van der Waals surface area contributed by atoms with Crippen LogP contribution >= 0.6 is 0 Å². The third-order valence-corrected chi connectivity index (χ3v) is 6.65. The average Bonchev–Trinajstić information content (AvgIpc) is 3.34. The number of nitrogens with zero attached hydrogens (tertiary/aromatic N) is 4. The third-order valence-electron chi connectivity index (χ3n) is 6.65. The highest BCUT2D eigenvalue weighted by atomic mass is 19.4. The fourth-order valence-corrected chi connectivity index (χ4v) is 4.39. The van der Waals surface area contributed by atoms with Crippen LogP contribution < -0.4 is 10.2 Å². The molecule has 5 rings (SSSR count). The molecule has 0 saturated carbocycles. The van der Waals surface area contributed by atoms with Crippen LogP contribution in [0.5, 0.6) is 0 Å². The van der Waals surface area contributed by atoms with E-state index in [1.165, 1.54) is 6.08 Å². The van der Waals surface area contributed by atoms with Crippen molar-refractivity contribution in [1.82, 2.24) is 19.9 Å². The number of aromatic amines is 1. The van der Waals surface area contributed by atoms with Gasteiger partial charge in [0.15, 0.2) is 0 Å². The van der Waals surface area contributed by atoms with E-state index in [0.29, 0.717) is 0 Å². The third kappa shape index (κ3) is 6.90. The van der Waals surface area contributed by atoms with Crippen molar-refractivity contribution in [3.05, 3.63) is 73.1 Å². The molecule has 12 heteroatoms. The zero-order valence-electron chi connectivity index (χ0n) is 22.5. The summed E-state index contributed by atoms with van der Waals surface area (Å²) in [5, 5.41) is 11.1. The molecule has 1 aromatic carbocycles. The van der Waals surface area contributed by atoms with E-state index in [-0.39, 0.29) is 5.91 Å². The summed E-state index contributed by atoms with van der Waals surface area (Å²) in [4.78, 5) is 38.3. The molecule has 4 aromatic rings. The Labute approximate surface area is 234 Å². The molecule has 1 aliphatic heterocycles. The lowest BCUT2D eigenvalue weighted by Crippen LogP contribution is -2.44. The second kappa shape index (κ2) is 12.2. The minimum atomic E-state index is -5.08. The number of nitrogens with one attached hydrogen (secondary N) is 2. The number of aliphatic carboxylic acids is 1. The predicted molar refractivity (Wildman–Crippen MR) is 152 cm³/mol. The molecule has 41 heavy (non-hydrogen) atoms. The zero-order chi connectivity index (χ0) is 29.7. The van der Waals surface area contributed by atoms with E-state index in [9.17, 15) is 18.0 Å². The number of halogens is 3. The number of benzene rings is 1. The number of carboxylic acids is 1. The second-order valence-corrected chi connectivity index (χ2v) is 9.50. The van der Waals surface area contributed by atoms with Crippen molar-refractivity contribution in [2.24, 2.45) is 0 Å². The Kier molecular flexibility index (Phi) is 8.72. The molecule has 0 unspecified atom stereocenters. The Balaban J connectivity index is 0.000000493. The number of likely N-dealkylation sites (N-methyl/N-ethyl adjacent to an activating group) is 1. The maximum absolute atomic E-state index is 12.0. The summed E-state index contributed by atoms with van der Waals surface area (Å²) in [5.74, 6) is -1.99. The molecule has 3 aromatic heterocycles. The maximum Gasteiger partial charge on any atom is 0.490 e. The van der Waals surface area contributed by atoms with E-state index < -0.39 is 12.1 Å². The number of aromatic nitrogens is 3. The van der Waals surface area contributed by atoms with E-state index in [1.54, 1.807) is 6.20 Å². The largest absolute Gasteiger partial charge is 0.490 e. The van der Waals surface area contributed by atoms with E-state index in [0.717, 1.165) is 76.7 Å². The molecular weight excluding hydrogens is 537 g/mol. The summed E-state index contributed by atoms with van der Waals surface area (Å²) < 4.78 is 31.7. The first-order chi connectivity index (χ1) is 19.5. The molecule has 0 bridgehead atoms. The predicted octanol–water partition coefficient (Wildman–Crippen LogP) is 5.11. The van der Waals surface area contributed by atoms with Gasteiger partial charge in [-0.2, -0.15) is 13.2 Å². The number of anilines is 2. The monoisotopic (exact) mass is 566 g/mol. The van der Waals surface area contributed by atoms with Gasteiger partial charge in [-0.1, -0.05) is 18.7 Å². The van der Waals surface area contributed by atoms with Gasteiger partial charge in [0.2, 0.25) is 5.91 Å². The number of piperazine rings is 1. The van der Waals surface area contributed by atoms with Crippen LogP contribution in [0, 0.1) is 6.92 Å². The molecule has 214 valence electrons. The molecule has 9 nitrogen and oxygen atoms in total. The summed E-state index contributed by atoms with van der Waals surface area (Å²) in [6.07, 6.45) is -0.0940. The van der Waals surface area contributed by atoms with Crippen LogP contribution in [0.25, 0.3) is 33.4 Å². The Morgan fingerprint density at radius 3 is 2.37 bits per heavy atom. The fourth-order valence-electron chi connectivity index (χ4n) is 4.39. The van der Waals surface area contributed by atoms with Crippen molar-refractivity contribution in [3.8, 4) is 22.4 Å². The van der Waals surface area contributed by atoms with Crippen LogP contribution in [-0.4, -0.2) is 76.2 Å². The molecule has 0 atom stereocenters. The number of aryl methyl sites for hydroxylation is 1. The van der Waals surface area contributed by atoms with Crippen molar-refractivity contribution in [3.63, 3.8) is 0 Å². The van der Waals surface area contributed by atoms with Gasteiger partial charge in [-0.25, -0.2) is 14.8 Å². The number of rotatable bonds is 5. The van der Waals surface area contributed by atoms with E-state index >= 15 is 0 Å². The Bertz CT molecular complexity index is 1560. The van der Waals surface area contributed by atoms with Crippen molar-refractivity contribution in [2.75, 3.05) is 43.4 Å². The lowest BCUT2D eigenvalue weighted by atomic mass is 9.98. The summed E-state index contributed by atoms with van der Waals surface area (Å²) in [6.45, 7) is 9.57. The van der Waals surface area contributed by atoms with Crippen LogP contribution in [0.1, 0.15) is 5.56 Å². The number of carbonyl (C=O) groups is 2. The first-order valence-electron chi connectivity index (χ1n) is 12.7. The molecule has 1 amide bonds. The minimum Gasteiger partial charge on any atom is -0.475 e. The van der Waals surface area contributed by atoms with Gasteiger partial charge in [-0.05, 0) is 61.5 Å². The molecule has 1 saturated heterocycles. The summed E-state index contributed by atoms with van der Waals surface area (Å²) in [5.41, 5.74) is 6.52. The van der Waals surface area contributed by atoms with Crippen molar-refractivity contribution >= 4 is 34.4 Å². The lowest BCUT2D eigenvalue weighted by molar-refractivity contribution is -0.192. The molecular formula is C29H29F3N6O3. The quantitative estimate of drug-likeness (QED) is 0.288. The maximum atomic E-state index is 12.0. The highest BCUT2D eigenvalue weighted by molar-refractivity contribution is 6.04. The van der Waals surface area contributed by atoms with Gasteiger partial charge in [-0.3, -0.25) is 4.79 Å². The standard InChI is InChI=1S/C27H28N6O.C2HF3O2/c1-4-24(34)30-22-16-19(8-7-18(22)2)25-21-6-5-11-28-27(21)31-26(25)20-9-10-23(29-17-20)33-14-12-32(3)13-15-33;3-2(4,5)1(6)7/h4-11,16-17H,1,12-15H2,2-3H3,(H,28,31)(H,30,34);(H,6,7). The number of alkyl halides is 3. The molecule has 0 aliphatic carbocycles. The van der Waals surface area contributed by atoms with E-state index in [4.69, 9.17) is 14.9 Å².